The molecule has 3 heteroatoms. The molecular weight excluding hydrogens is 280 g/mol. The summed E-state index contributed by atoms with van der Waals surface area (Å²) in [7, 11) is 2.15. The van der Waals surface area contributed by atoms with Crippen molar-refractivity contribution >= 4 is 17.3 Å². The van der Waals surface area contributed by atoms with Gasteiger partial charge in [-0.1, -0.05) is 45.4 Å². The molecule has 0 spiro atoms. The molecule has 1 rings (SSSR count). The summed E-state index contributed by atoms with van der Waals surface area (Å²) in [6, 6.07) is 6.93. The van der Waals surface area contributed by atoms with Gasteiger partial charge in [0.25, 0.3) is 0 Å². The number of hydrogen-bond acceptors (Lipinski definition) is 2. The maximum atomic E-state index is 6.43. The molecule has 21 heavy (non-hydrogen) atoms. The van der Waals surface area contributed by atoms with E-state index in [2.05, 4.69) is 70.1 Å². The van der Waals surface area contributed by atoms with E-state index in [0.29, 0.717) is 17.9 Å². The van der Waals surface area contributed by atoms with Gasteiger partial charge in [0.1, 0.15) is 0 Å². The van der Waals surface area contributed by atoms with E-state index in [1.807, 2.05) is 0 Å². The highest BCUT2D eigenvalue weighted by molar-refractivity contribution is 6.31. The van der Waals surface area contributed by atoms with Crippen molar-refractivity contribution in [3.8, 4) is 0 Å². The van der Waals surface area contributed by atoms with Crippen LogP contribution >= 0.6 is 11.6 Å². The normalized spacial score (nSPS) is 13.0. The molecule has 0 aromatic heterocycles. The van der Waals surface area contributed by atoms with Crippen molar-refractivity contribution in [1.29, 1.82) is 0 Å². The van der Waals surface area contributed by atoms with Gasteiger partial charge in [-0.25, -0.2) is 0 Å². The Morgan fingerprint density at radius 3 is 2.29 bits per heavy atom. The number of anilines is 1. The van der Waals surface area contributed by atoms with Crippen molar-refractivity contribution < 1.29 is 0 Å². The summed E-state index contributed by atoms with van der Waals surface area (Å²) >= 11 is 6.43. The molecule has 120 valence electrons. The molecule has 0 amide bonds. The first kappa shape index (κ1) is 18.3. The number of nitrogens with one attached hydrogen (secondary N) is 1. The van der Waals surface area contributed by atoms with Crippen LogP contribution in [-0.4, -0.2) is 19.6 Å². The Bertz CT molecular complexity index is 429. The average Bonchev–Trinajstić information content (AvgIpc) is 2.38. The second-order valence-electron chi connectivity index (χ2n) is 6.89. The molecule has 0 heterocycles. The van der Waals surface area contributed by atoms with Gasteiger partial charge < -0.3 is 10.2 Å². The van der Waals surface area contributed by atoms with E-state index in [-0.39, 0.29) is 0 Å². The molecule has 0 aliphatic heterocycles. The number of halogens is 1. The maximum absolute atomic E-state index is 6.43. The lowest BCUT2D eigenvalue weighted by Crippen LogP contribution is -2.30. The van der Waals surface area contributed by atoms with E-state index >= 15 is 0 Å². The molecule has 1 unspecified atom stereocenters. The van der Waals surface area contributed by atoms with Crippen LogP contribution in [0.3, 0.4) is 0 Å². The van der Waals surface area contributed by atoms with Crippen LogP contribution in [-0.2, 0) is 6.54 Å². The van der Waals surface area contributed by atoms with Crippen LogP contribution in [0.2, 0.25) is 5.02 Å². The average molecular weight is 311 g/mol. The number of benzene rings is 1. The number of hydrogen-bond donors (Lipinski definition) is 1. The summed E-state index contributed by atoms with van der Waals surface area (Å²) in [5.41, 5.74) is 2.37. The molecule has 0 saturated carbocycles. The zero-order valence-electron chi connectivity index (χ0n) is 14.4. The highest BCUT2D eigenvalue weighted by atomic mass is 35.5. The van der Waals surface area contributed by atoms with Crippen molar-refractivity contribution in [3.63, 3.8) is 0 Å². The van der Waals surface area contributed by atoms with Crippen LogP contribution in [0.4, 0.5) is 5.69 Å². The van der Waals surface area contributed by atoms with Gasteiger partial charge in [0.2, 0.25) is 0 Å². The van der Waals surface area contributed by atoms with E-state index in [9.17, 15) is 0 Å². The third-order valence-electron chi connectivity index (χ3n) is 3.79. The smallest absolute Gasteiger partial charge is 0.0471 e. The lowest BCUT2D eigenvalue weighted by Gasteiger charge is -2.28. The van der Waals surface area contributed by atoms with Gasteiger partial charge in [0.05, 0.1) is 0 Å². The monoisotopic (exact) mass is 310 g/mol. The molecule has 1 aromatic carbocycles. The predicted molar refractivity (Wildman–Crippen MR) is 95.3 cm³/mol. The molecule has 1 atom stereocenters. The SMILES string of the molecule is CC(C)CNCc1ccc(N(C)C(C)CC(C)C)cc1Cl. The molecule has 0 bridgehead atoms. The van der Waals surface area contributed by atoms with Gasteiger partial charge >= 0.3 is 0 Å². The van der Waals surface area contributed by atoms with Crippen LogP contribution in [0.15, 0.2) is 18.2 Å². The van der Waals surface area contributed by atoms with Crippen LogP contribution < -0.4 is 10.2 Å². The Hall–Kier alpha value is -0.730. The minimum atomic E-state index is 0.519. The first-order valence-corrected chi connectivity index (χ1v) is 8.41. The molecule has 0 aliphatic carbocycles. The fraction of sp³-hybridized carbons (Fsp3) is 0.667. The molecule has 1 aromatic rings. The summed E-state index contributed by atoms with van der Waals surface area (Å²) in [5, 5.41) is 4.30. The van der Waals surface area contributed by atoms with Crippen LogP contribution in [0.25, 0.3) is 0 Å². The zero-order chi connectivity index (χ0) is 16.0. The predicted octanol–water partition coefficient (Wildman–Crippen LogP) is 4.96. The second-order valence-corrected chi connectivity index (χ2v) is 7.30. The van der Waals surface area contributed by atoms with Crippen molar-refractivity contribution in [3.05, 3.63) is 28.8 Å². The lowest BCUT2D eigenvalue weighted by atomic mass is 10.0. The summed E-state index contributed by atoms with van der Waals surface area (Å²) in [4.78, 5) is 2.32. The Morgan fingerprint density at radius 1 is 1.10 bits per heavy atom. The molecule has 0 saturated heterocycles. The van der Waals surface area contributed by atoms with Crippen molar-refractivity contribution in [2.45, 2.75) is 53.6 Å². The van der Waals surface area contributed by atoms with E-state index in [0.717, 1.165) is 18.1 Å². The molecular formula is C18H31ClN2. The Balaban J connectivity index is 2.68. The van der Waals surface area contributed by atoms with Gasteiger partial charge in [-0.3, -0.25) is 0 Å². The first-order chi connectivity index (χ1) is 9.81. The Labute approximate surface area is 135 Å². The minimum Gasteiger partial charge on any atom is -0.372 e. The molecule has 1 N–H and O–H groups in total. The lowest BCUT2D eigenvalue weighted by molar-refractivity contribution is 0.504. The quantitative estimate of drug-likeness (QED) is 0.730. The summed E-state index contributed by atoms with van der Waals surface area (Å²) in [5.74, 6) is 1.36. The summed E-state index contributed by atoms with van der Waals surface area (Å²) in [6.07, 6.45) is 1.19. The maximum Gasteiger partial charge on any atom is 0.0471 e. The fourth-order valence-electron chi connectivity index (χ4n) is 2.49. The summed E-state index contributed by atoms with van der Waals surface area (Å²) < 4.78 is 0. The highest BCUT2D eigenvalue weighted by Gasteiger charge is 2.13. The van der Waals surface area contributed by atoms with E-state index < -0.39 is 0 Å². The standard InChI is InChI=1S/C18H31ClN2/c1-13(2)9-15(5)21(6)17-8-7-16(18(19)10-17)12-20-11-14(3)4/h7-8,10,13-15,20H,9,11-12H2,1-6H3. The van der Waals surface area contributed by atoms with Crippen LogP contribution in [0.1, 0.15) is 46.6 Å². The van der Waals surface area contributed by atoms with Crippen molar-refractivity contribution in [2.75, 3.05) is 18.5 Å². The molecule has 0 radical (unpaired) electrons. The zero-order valence-corrected chi connectivity index (χ0v) is 15.2. The van der Waals surface area contributed by atoms with Crippen LogP contribution in [0, 0.1) is 11.8 Å². The van der Waals surface area contributed by atoms with Gasteiger partial charge in [0, 0.05) is 30.3 Å². The minimum absolute atomic E-state index is 0.519. The van der Waals surface area contributed by atoms with E-state index in [1.165, 1.54) is 17.7 Å². The Morgan fingerprint density at radius 2 is 1.76 bits per heavy atom. The topological polar surface area (TPSA) is 15.3 Å². The van der Waals surface area contributed by atoms with Crippen molar-refractivity contribution in [1.82, 2.24) is 5.32 Å². The highest BCUT2D eigenvalue weighted by Crippen LogP contribution is 2.25. The second kappa shape index (κ2) is 8.65. The van der Waals surface area contributed by atoms with Gasteiger partial charge in [-0.05, 0) is 49.4 Å². The van der Waals surface area contributed by atoms with E-state index in [1.54, 1.807) is 0 Å². The Kier molecular flexibility index (Phi) is 7.55. The van der Waals surface area contributed by atoms with Gasteiger partial charge in [-0.15, -0.1) is 0 Å². The number of rotatable bonds is 8. The fourth-order valence-corrected chi connectivity index (χ4v) is 2.73. The third kappa shape index (κ3) is 6.27. The summed E-state index contributed by atoms with van der Waals surface area (Å²) in [6.45, 7) is 13.1. The van der Waals surface area contributed by atoms with Gasteiger partial charge in [0.15, 0.2) is 0 Å². The third-order valence-corrected chi connectivity index (χ3v) is 4.14. The van der Waals surface area contributed by atoms with E-state index in [4.69, 9.17) is 11.6 Å². The largest absolute Gasteiger partial charge is 0.372 e. The molecule has 2 nitrogen and oxygen atoms in total. The molecule has 0 fully saturated rings. The van der Waals surface area contributed by atoms with Crippen LogP contribution in [0.5, 0.6) is 0 Å². The number of nitrogens with zero attached hydrogens (tertiary/aromatic N) is 1. The van der Waals surface area contributed by atoms with Gasteiger partial charge in [-0.2, -0.15) is 0 Å². The first-order valence-electron chi connectivity index (χ1n) is 8.03. The van der Waals surface area contributed by atoms with Crippen molar-refractivity contribution in [2.24, 2.45) is 11.8 Å². The molecule has 0 aliphatic rings.